The van der Waals surface area contributed by atoms with Crippen LogP contribution in [0, 0.1) is 0 Å². The molecular formula is C18H27Cl2N3O2. The highest BCUT2D eigenvalue weighted by molar-refractivity contribution is 6.30. The largest absolute Gasteiger partial charge is 0.354 e. The average Bonchev–Trinajstić information content (AvgIpc) is 2.54. The number of hydrogen-bond donors (Lipinski definition) is 2. The zero-order chi connectivity index (χ0) is 17.5. The van der Waals surface area contributed by atoms with Crippen molar-refractivity contribution in [3.63, 3.8) is 0 Å². The molecule has 0 aromatic heterocycles. The first kappa shape index (κ1) is 21.7. The van der Waals surface area contributed by atoms with Crippen molar-refractivity contribution in [1.82, 2.24) is 15.5 Å². The quantitative estimate of drug-likeness (QED) is 0.788. The van der Waals surface area contributed by atoms with Gasteiger partial charge in [0.05, 0.1) is 6.04 Å². The minimum atomic E-state index is -0.00515. The molecule has 1 fully saturated rings. The molecule has 7 heteroatoms. The SMILES string of the molecule is CC(C)NC(=O)CCCC(=O)N1CCNCC1c1cccc(Cl)c1.Cl. The number of carbonyl (C=O) groups excluding carboxylic acids is 2. The molecule has 0 saturated carbocycles. The molecule has 25 heavy (non-hydrogen) atoms. The molecule has 1 saturated heterocycles. The normalized spacial score (nSPS) is 17.1. The van der Waals surface area contributed by atoms with Crippen molar-refractivity contribution in [3.8, 4) is 0 Å². The molecule has 2 rings (SSSR count). The van der Waals surface area contributed by atoms with E-state index in [0.29, 0.717) is 30.8 Å². The number of halogens is 2. The Hall–Kier alpha value is -1.30. The van der Waals surface area contributed by atoms with E-state index in [1.165, 1.54) is 0 Å². The smallest absolute Gasteiger partial charge is 0.223 e. The highest BCUT2D eigenvalue weighted by Gasteiger charge is 2.27. The second-order valence-electron chi connectivity index (χ2n) is 6.44. The molecule has 1 unspecified atom stereocenters. The van der Waals surface area contributed by atoms with Crippen molar-refractivity contribution in [2.75, 3.05) is 19.6 Å². The van der Waals surface area contributed by atoms with Gasteiger partial charge in [-0.05, 0) is 38.0 Å². The number of rotatable bonds is 6. The van der Waals surface area contributed by atoms with Gasteiger partial charge in [0.15, 0.2) is 0 Å². The lowest BCUT2D eigenvalue weighted by molar-refractivity contribution is -0.134. The molecule has 2 N–H and O–H groups in total. The number of benzene rings is 1. The third-order valence-corrected chi connectivity index (χ3v) is 4.28. The molecular weight excluding hydrogens is 361 g/mol. The Labute approximate surface area is 160 Å². The third kappa shape index (κ3) is 6.84. The summed E-state index contributed by atoms with van der Waals surface area (Å²) < 4.78 is 0. The summed E-state index contributed by atoms with van der Waals surface area (Å²) in [5, 5.41) is 6.86. The van der Waals surface area contributed by atoms with Crippen LogP contribution in [0.3, 0.4) is 0 Å². The van der Waals surface area contributed by atoms with Gasteiger partial charge in [-0.2, -0.15) is 0 Å². The van der Waals surface area contributed by atoms with Gasteiger partial charge in [0.2, 0.25) is 11.8 Å². The summed E-state index contributed by atoms with van der Waals surface area (Å²) in [5.74, 6) is 0.100. The summed E-state index contributed by atoms with van der Waals surface area (Å²) in [7, 11) is 0. The molecule has 1 aliphatic rings. The maximum absolute atomic E-state index is 12.6. The first-order valence-corrected chi connectivity index (χ1v) is 8.90. The lowest BCUT2D eigenvalue weighted by Crippen LogP contribution is -2.48. The van der Waals surface area contributed by atoms with Gasteiger partial charge >= 0.3 is 0 Å². The highest BCUT2D eigenvalue weighted by Crippen LogP contribution is 2.25. The summed E-state index contributed by atoms with van der Waals surface area (Å²) in [6.07, 6.45) is 1.35. The highest BCUT2D eigenvalue weighted by atomic mass is 35.5. The third-order valence-electron chi connectivity index (χ3n) is 4.04. The Morgan fingerprint density at radius 2 is 2.12 bits per heavy atom. The van der Waals surface area contributed by atoms with Crippen molar-refractivity contribution >= 4 is 35.8 Å². The van der Waals surface area contributed by atoms with E-state index < -0.39 is 0 Å². The van der Waals surface area contributed by atoms with Crippen LogP contribution >= 0.6 is 24.0 Å². The minimum absolute atomic E-state index is 0. The summed E-state index contributed by atoms with van der Waals surface area (Å²) in [6, 6.07) is 7.78. The summed E-state index contributed by atoms with van der Waals surface area (Å²) >= 11 is 6.08. The van der Waals surface area contributed by atoms with Crippen LogP contribution in [0.25, 0.3) is 0 Å². The summed E-state index contributed by atoms with van der Waals surface area (Å²) in [4.78, 5) is 26.2. The Morgan fingerprint density at radius 3 is 2.80 bits per heavy atom. The average molecular weight is 388 g/mol. The first-order valence-electron chi connectivity index (χ1n) is 8.52. The molecule has 1 atom stereocenters. The Morgan fingerprint density at radius 1 is 1.36 bits per heavy atom. The maximum atomic E-state index is 12.6. The van der Waals surface area contributed by atoms with Gasteiger partial charge < -0.3 is 15.5 Å². The lowest BCUT2D eigenvalue weighted by Gasteiger charge is -2.36. The fraction of sp³-hybridized carbons (Fsp3) is 0.556. The van der Waals surface area contributed by atoms with E-state index in [9.17, 15) is 9.59 Å². The molecule has 0 radical (unpaired) electrons. The molecule has 2 amide bonds. The second kappa shape index (κ2) is 10.6. The molecule has 0 aliphatic carbocycles. The molecule has 1 aromatic carbocycles. The van der Waals surface area contributed by atoms with Gasteiger partial charge in [0.1, 0.15) is 0 Å². The molecule has 1 heterocycles. The van der Waals surface area contributed by atoms with Crippen LogP contribution < -0.4 is 10.6 Å². The summed E-state index contributed by atoms with van der Waals surface area (Å²) in [5.41, 5.74) is 1.04. The maximum Gasteiger partial charge on any atom is 0.223 e. The number of carbonyl (C=O) groups is 2. The number of nitrogens with zero attached hydrogens (tertiary/aromatic N) is 1. The van der Waals surface area contributed by atoms with Crippen molar-refractivity contribution in [1.29, 1.82) is 0 Å². The lowest BCUT2D eigenvalue weighted by atomic mass is 10.0. The fourth-order valence-electron chi connectivity index (χ4n) is 2.95. The monoisotopic (exact) mass is 387 g/mol. The number of amides is 2. The number of nitrogens with one attached hydrogen (secondary N) is 2. The van der Waals surface area contributed by atoms with E-state index in [0.717, 1.165) is 18.7 Å². The van der Waals surface area contributed by atoms with Gasteiger partial charge in [-0.1, -0.05) is 23.7 Å². The molecule has 5 nitrogen and oxygen atoms in total. The fourth-order valence-corrected chi connectivity index (χ4v) is 3.15. The zero-order valence-electron chi connectivity index (χ0n) is 14.8. The van der Waals surface area contributed by atoms with Crippen molar-refractivity contribution in [2.45, 2.75) is 45.2 Å². The molecule has 0 bridgehead atoms. The van der Waals surface area contributed by atoms with Gasteiger partial charge in [-0.25, -0.2) is 0 Å². The van der Waals surface area contributed by atoms with Gasteiger partial charge in [-0.3, -0.25) is 9.59 Å². The number of piperazine rings is 1. The van der Waals surface area contributed by atoms with Crippen molar-refractivity contribution < 1.29 is 9.59 Å². The predicted octanol–water partition coefficient (Wildman–Crippen LogP) is 2.93. The van der Waals surface area contributed by atoms with Crippen molar-refractivity contribution in [3.05, 3.63) is 34.9 Å². The van der Waals surface area contributed by atoms with E-state index in [1.54, 1.807) is 0 Å². The minimum Gasteiger partial charge on any atom is -0.354 e. The van der Waals surface area contributed by atoms with Gasteiger partial charge in [0.25, 0.3) is 0 Å². The van der Waals surface area contributed by atoms with Crippen LogP contribution in [0.1, 0.15) is 44.7 Å². The van der Waals surface area contributed by atoms with Crippen LogP contribution in [0.2, 0.25) is 5.02 Å². The topological polar surface area (TPSA) is 61.4 Å². The summed E-state index contributed by atoms with van der Waals surface area (Å²) in [6.45, 7) is 6.05. The van der Waals surface area contributed by atoms with Crippen LogP contribution in [-0.2, 0) is 9.59 Å². The van der Waals surface area contributed by atoms with Crippen LogP contribution in [0.4, 0.5) is 0 Å². The Bertz CT molecular complexity index is 581. The van der Waals surface area contributed by atoms with Gasteiger partial charge in [-0.15, -0.1) is 12.4 Å². The van der Waals surface area contributed by atoms with E-state index in [4.69, 9.17) is 11.6 Å². The predicted molar refractivity (Wildman–Crippen MR) is 103 cm³/mol. The van der Waals surface area contributed by atoms with E-state index in [2.05, 4.69) is 10.6 Å². The van der Waals surface area contributed by atoms with Gasteiger partial charge in [0, 0.05) is 43.5 Å². The molecule has 1 aromatic rings. The Balaban J connectivity index is 0.00000312. The standard InChI is InChI=1S/C18H26ClN3O2.ClH/c1-13(2)21-17(23)7-4-8-18(24)22-10-9-20-12-16(22)14-5-3-6-15(19)11-14;/h3,5-6,11,13,16,20H,4,7-10,12H2,1-2H3,(H,21,23);1H. The van der Waals surface area contributed by atoms with E-state index >= 15 is 0 Å². The Kier molecular flexibility index (Phi) is 9.25. The number of hydrogen-bond acceptors (Lipinski definition) is 3. The first-order chi connectivity index (χ1) is 11.5. The van der Waals surface area contributed by atoms with Crippen molar-refractivity contribution in [2.24, 2.45) is 0 Å². The van der Waals surface area contributed by atoms with Crippen LogP contribution in [0.5, 0.6) is 0 Å². The molecule has 1 aliphatic heterocycles. The molecule has 140 valence electrons. The van der Waals surface area contributed by atoms with E-state index in [-0.39, 0.29) is 36.3 Å². The zero-order valence-corrected chi connectivity index (χ0v) is 16.3. The second-order valence-corrected chi connectivity index (χ2v) is 6.87. The van der Waals surface area contributed by atoms with Crippen LogP contribution in [-0.4, -0.2) is 42.4 Å². The van der Waals surface area contributed by atoms with Crippen LogP contribution in [0.15, 0.2) is 24.3 Å². The molecule has 0 spiro atoms. The van der Waals surface area contributed by atoms with E-state index in [1.807, 2.05) is 43.0 Å².